The van der Waals surface area contributed by atoms with Crippen LogP contribution in [0.2, 0.25) is 0 Å². The third-order valence-electron chi connectivity index (χ3n) is 6.31. The lowest BCUT2D eigenvalue weighted by Gasteiger charge is -2.22. The van der Waals surface area contributed by atoms with Crippen molar-refractivity contribution in [2.45, 2.75) is 38.1 Å². The van der Waals surface area contributed by atoms with Gasteiger partial charge in [-0.2, -0.15) is 5.26 Å². The predicted molar refractivity (Wildman–Crippen MR) is 117 cm³/mol. The number of quaternary nitrogens is 1. The molecule has 1 aliphatic rings. The number of nitrogens with zero attached hydrogens (tertiary/aromatic N) is 3. The molecule has 2 atom stereocenters. The van der Waals surface area contributed by atoms with E-state index in [1.54, 1.807) is 20.4 Å². The molecule has 31 heavy (non-hydrogen) atoms. The summed E-state index contributed by atoms with van der Waals surface area (Å²) in [5, 5.41) is 9.78. The summed E-state index contributed by atoms with van der Waals surface area (Å²) < 4.78 is 19.2. The van der Waals surface area contributed by atoms with Crippen LogP contribution in [0, 0.1) is 17.2 Å². The Hall–Kier alpha value is -3.24. The van der Waals surface area contributed by atoms with Crippen LogP contribution in [0.3, 0.4) is 0 Å². The van der Waals surface area contributed by atoms with Gasteiger partial charge in [-0.1, -0.05) is 19.4 Å². The number of benzene rings is 1. The minimum absolute atomic E-state index is 0.122. The molecule has 2 heterocycles. The molecule has 2 aromatic heterocycles. The minimum atomic E-state index is -0.122. The zero-order chi connectivity index (χ0) is 22.0. The number of fused-ring (bicyclic) bond motifs is 1. The van der Waals surface area contributed by atoms with Gasteiger partial charge in [0.25, 0.3) is 0 Å². The Morgan fingerprint density at radius 3 is 2.74 bits per heavy atom. The maximum Gasteiger partial charge on any atom is 0.199 e. The molecule has 1 fully saturated rings. The Balaban J connectivity index is 1.74. The molecule has 3 aromatic rings. The zero-order valence-corrected chi connectivity index (χ0v) is 18.4. The Morgan fingerprint density at radius 2 is 2.06 bits per heavy atom. The van der Waals surface area contributed by atoms with Gasteiger partial charge >= 0.3 is 0 Å². The highest BCUT2D eigenvalue weighted by Gasteiger charge is 2.39. The van der Waals surface area contributed by atoms with Crippen LogP contribution in [-0.2, 0) is 0 Å². The van der Waals surface area contributed by atoms with Crippen LogP contribution in [0.15, 0.2) is 36.5 Å². The molecule has 3 N–H and O–H groups in total. The van der Waals surface area contributed by atoms with E-state index in [1.165, 1.54) is 12.8 Å². The second-order valence-electron chi connectivity index (χ2n) is 8.37. The Morgan fingerprint density at radius 1 is 1.26 bits per heavy atom. The lowest BCUT2D eigenvalue weighted by atomic mass is 9.97. The fourth-order valence-electron chi connectivity index (χ4n) is 4.53. The molecule has 162 valence electrons. The lowest BCUT2D eigenvalue weighted by Crippen LogP contribution is -2.74. The van der Waals surface area contributed by atoms with Gasteiger partial charge in [0.05, 0.1) is 26.1 Å². The van der Waals surface area contributed by atoms with E-state index in [-0.39, 0.29) is 5.54 Å². The molecule has 4 rings (SSSR count). The van der Waals surface area contributed by atoms with Gasteiger partial charge in [0.2, 0.25) is 0 Å². The average molecular weight is 422 g/mol. The quantitative estimate of drug-likeness (QED) is 0.630. The van der Waals surface area contributed by atoms with Gasteiger partial charge in [-0.25, -0.2) is 4.98 Å². The molecule has 1 aromatic carbocycles. The van der Waals surface area contributed by atoms with Gasteiger partial charge in [0, 0.05) is 18.4 Å². The number of pyridine rings is 1. The van der Waals surface area contributed by atoms with Crippen LogP contribution in [0.5, 0.6) is 17.4 Å². The Kier molecular flexibility index (Phi) is 5.75. The number of rotatable bonds is 7. The maximum atomic E-state index is 9.78. The largest absolute Gasteiger partial charge is 0.495 e. The summed E-state index contributed by atoms with van der Waals surface area (Å²) in [5.41, 5.74) is 7.15. The van der Waals surface area contributed by atoms with Gasteiger partial charge in [0.1, 0.15) is 40.9 Å². The van der Waals surface area contributed by atoms with Gasteiger partial charge in [0.15, 0.2) is 5.88 Å². The molecule has 0 bridgehead atoms. The highest BCUT2D eigenvalue weighted by atomic mass is 16.5. The molecule has 1 aliphatic carbocycles. The van der Waals surface area contributed by atoms with Gasteiger partial charge in [-0.05, 0) is 36.6 Å². The van der Waals surface area contributed by atoms with Crippen molar-refractivity contribution in [2.24, 2.45) is 5.92 Å². The summed E-state index contributed by atoms with van der Waals surface area (Å²) in [4.78, 5) is 4.50. The number of hydrogen-bond donors (Lipinski definition) is 1. The number of ether oxygens (including phenoxy) is 3. The third kappa shape index (κ3) is 3.91. The summed E-state index contributed by atoms with van der Waals surface area (Å²) in [5.74, 6) is 2.34. The summed E-state index contributed by atoms with van der Waals surface area (Å²) in [6, 6.07) is 11.7. The van der Waals surface area contributed by atoms with E-state index in [9.17, 15) is 5.26 Å². The van der Waals surface area contributed by atoms with E-state index in [0.717, 1.165) is 29.7 Å². The predicted octanol–water partition coefficient (Wildman–Crippen LogP) is 3.46. The van der Waals surface area contributed by atoms with Crippen molar-refractivity contribution in [1.82, 2.24) is 9.38 Å². The number of hydrogen-bond acceptors (Lipinski definition) is 5. The number of imidazole rings is 1. The van der Waals surface area contributed by atoms with Crippen molar-refractivity contribution >= 4 is 5.65 Å². The molecule has 0 radical (unpaired) electrons. The minimum Gasteiger partial charge on any atom is -0.495 e. The van der Waals surface area contributed by atoms with Crippen molar-refractivity contribution in [3.63, 3.8) is 0 Å². The molecule has 0 spiro atoms. The summed E-state index contributed by atoms with van der Waals surface area (Å²) in [6.07, 6.45) is 6.22. The molecule has 0 saturated heterocycles. The van der Waals surface area contributed by atoms with E-state index in [0.29, 0.717) is 35.5 Å². The van der Waals surface area contributed by atoms with Crippen LogP contribution in [0.4, 0.5) is 0 Å². The fraction of sp³-hybridized carbons (Fsp3) is 0.417. The fourth-order valence-corrected chi connectivity index (χ4v) is 4.53. The summed E-state index contributed by atoms with van der Waals surface area (Å²) in [7, 11) is 3.19. The van der Waals surface area contributed by atoms with E-state index in [2.05, 4.69) is 23.7 Å². The molecule has 7 heteroatoms. The van der Waals surface area contributed by atoms with Gasteiger partial charge in [-0.15, -0.1) is 0 Å². The van der Waals surface area contributed by atoms with E-state index in [4.69, 9.17) is 14.2 Å². The summed E-state index contributed by atoms with van der Waals surface area (Å²) in [6.45, 7) is 2.70. The second kappa shape index (κ2) is 8.48. The van der Waals surface area contributed by atoms with Gasteiger partial charge < -0.3 is 19.9 Å². The smallest absolute Gasteiger partial charge is 0.199 e. The molecule has 0 aliphatic heterocycles. The first-order valence-corrected chi connectivity index (χ1v) is 10.6. The van der Waals surface area contributed by atoms with Crippen LogP contribution in [-0.4, -0.2) is 35.8 Å². The Labute approximate surface area is 182 Å². The first-order valence-electron chi connectivity index (χ1n) is 10.6. The van der Waals surface area contributed by atoms with Crippen molar-refractivity contribution in [3.05, 3.63) is 42.1 Å². The monoisotopic (exact) mass is 421 g/mol. The highest BCUT2D eigenvalue weighted by Crippen LogP contribution is 2.38. The van der Waals surface area contributed by atoms with Crippen molar-refractivity contribution in [2.75, 3.05) is 20.8 Å². The number of nitriles is 1. The number of methoxy groups -OCH3 is 2. The number of aromatic nitrogens is 2. The molecular weight excluding hydrogens is 392 g/mol. The standard InChI is InChI=1S/C24H28N4O3/c1-4-16-8-9-24(26,12-16)15-31-21-11-17(10-20(29-2)18(21)13-25)19-14-27-22-6-5-7-23(30-3)28(19)22/h5-7,10-11,14,16H,4,8-9,12,15,26H2,1-3H3/p+1/t16-,24+/m1/s1. The van der Waals surface area contributed by atoms with Crippen molar-refractivity contribution < 1.29 is 19.9 Å². The zero-order valence-electron chi connectivity index (χ0n) is 18.4. The molecular formula is C24H29N4O3+. The van der Waals surface area contributed by atoms with Gasteiger partial charge in [-0.3, -0.25) is 4.40 Å². The molecule has 0 unspecified atom stereocenters. The van der Waals surface area contributed by atoms with Crippen molar-refractivity contribution in [3.8, 4) is 34.7 Å². The first-order chi connectivity index (χ1) is 15.0. The van der Waals surface area contributed by atoms with Crippen LogP contribution in [0.25, 0.3) is 16.9 Å². The van der Waals surface area contributed by atoms with Crippen molar-refractivity contribution in [1.29, 1.82) is 5.26 Å². The normalized spacial score (nSPS) is 20.5. The lowest BCUT2D eigenvalue weighted by molar-refractivity contribution is -0.480. The topological polar surface area (TPSA) is 96.4 Å². The molecule has 0 amide bonds. The SMILES string of the molecule is CC[C@@H]1CC[C@@]([NH3+])(COc2cc(-c3cnc4cccc(OC)n34)cc(OC)c2C#N)C1. The summed E-state index contributed by atoms with van der Waals surface area (Å²) >= 11 is 0. The van der Waals surface area contributed by atoms with E-state index < -0.39 is 0 Å². The van der Waals surface area contributed by atoms with Crippen LogP contribution >= 0.6 is 0 Å². The van der Waals surface area contributed by atoms with Crippen LogP contribution < -0.4 is 19.9 Å². The van der Waals surface area contributed by atoms with Crippen LogP contribution in [0.1, 0.15) is 38.2 Å². The average Bonchev–Trinajstić information content (AvgIpc) is 3.40. The second-order valence-corrected chi connectivity index (χ2v) is 8.37. The highest BCUT2D eigenvalue weighted by molar-refractivity contribution is 5.71. The van der Waals surface area contributed by atoms with E-state index >= 15 is 0 Å². The Bertz CT molecular complexity index is 1130. The third-order valence-corrected chi connectivity index (χ3v) is 6.31. The maximum absolute atomic E-state index is 9.78. The van der Waals surface area contributed by atoms with E-state index in [1.807, 2.05) is 34.7 Å². The molecule has 1 saturated carbocycles. The molecule has 7 nitrogen and oxygen atoms in total. The first kappa shape index (κ1) is 21.0.